The van der Waals surface area contributed by atoms with Gasteiger partial charge in [0.1, 0.15) is 0 Å². The third-order valence-corrected chi connectivity index (χ3v) is 5.20. The monoisotopic (exact) mass is 335 g/mol. The van der Waals surface area contributed by atoms with Crippen molar-refractivity contribution in [2.75, 3.05) is 23.7 Å². The number of azo groups is 1. The van der Waals surface area contributed by atoms with Crippen LogP contribution in [0.2, 0.25) is 0 Å². The van der Waals surface area contributed by atoms with E-state index in [0.29, 0.717) is 5.13 Å². The molecule has 0 spiro atoms. The minimum Gasteiger partial charge on any atom is -0.372 e. The molecule has 7 heteroatoms. The Labute approximate surface area is 139 Å². The van der Waals surface area contributed by atoms with Crippen LogP contribution in [-0.2, 0) is 0 Å². The molecule has 0 saturated carbocycles. The van der Waals surface area contributed by atoms with Crippen LogP contribution in [0.25, 0.3) is 0 Å². The van der Waals surface area contributed by atoms with Gasteiger partial charge in [-0.15, -0.1) is 20.4 Å². The first-order valence-electron chi connectivity index (χ1n) is 7.49. The highest BCUT2D eigenvalue weighted by atomic mass is 32.2. The zero-order valence-electron chi connectivity index (χ0n) is 13.2. The highest BCUT2D eigenvalue weighted by molar-refractivity contribution is 8.01. The number of hydrogen-bond acceptors (Lipinski definition) is 7. The molecule has 0 aliphatic rings. The molecule has 2 rings (SSSR count). The van der Waals surface area contributed by atoms with Gasteiger partial charge in [-0.3, -0.25) is 0 Å². The SMILES string of the molecule is CCCSc1nnc(N=Nc2ccc(N(CC)CC)cc2)s1. The molecular formula is C15H21N5S2. The van der Waals surface area contributed by atoms with Crippen molar-refractivity contribution in [1.82, 2.24) is 10.2 Å². The van der Waals surface area contributed by atoms with E-state index in [1.54, 1.807) is 11.8 Å². The van der Waals surface area contributed by atoms with E-state index in [2.05, 4.69) is 58.2 Å². The third kappa shape index (κ3) is 4.78. The van der Waals surface area contributed by atoms with Crippen LogP contribution in [0.5, 0.6) is 0 Å². The maximum Gasteiger partial charge on any atom is 0.252 e. The number of anilines is 1. The number of rotatable bonds is 8. The standard InChI is InChI=1S/C15H21N5S2/c1-4-11-21-15-19-18-14(22-15)17-16-12-7-9-13(10-8-12)20(5-2)6-3/h7-10H,4-6,11H2,1-3H3. The maximum atomic E-state index is 4.23. The highest BCUT2D eigenvalue weighted by Crippen LogP contribution is 2.29. The Hall–Kier alpha value is -1.47. The van der Waals surface area contributed by atoms with Crippen molar-refractivity contribution in [1.29, 1.82) is 0 Å². The Morgan fingerprint density at radius 3 is 2.41 bits per heavy atom. The van der Waals surface area contributed by atoms with E-state index in [0.717, 1.165) is 35.3 Å². The molecule has 0 aliphatic carbocycles. The van der Waals surface area contributed by atoms with Crippen molar-refractivity contribution in [2.24, 2.45) is 10.2 Å². The van der Waals surface area contributed by atoms with Crippen molar-refractivity contribution >= 4 is 39.6 Å². The molecule has 22 heavy (non-hydrogen) atoms. The molecule has 1 heterocycles. The van der Waals surface area contributed by atoms with Crippen LogP contribution >= 0.6 is 23.1 Å². The van der Waals surface area contributed by atoms with E-state index < -0.39 is 0 Å². The Morgan fingerprint density at radius 2 is 1.77 bits per heavy atom. The first-order chi connectivity index (χ1) is 10.8. The molecular weight excluding hydrogens is 314 g/mol. The van der Waals surface area contributed by atoms with Crippen molar-refractivity contribution in [2.45, 2.75) is 31.5 Å². The predicted octanol–water partition coefficient (Wildman–Crippen LogP) is 5.30. The largest absolute Gasteiger partial charge is 0.372 e. The zero-order valence-corrected chi connectivity index (χ0v) is 14.8. The molecule has 0 amide bonds. The lowest BCUT2D eigenvalue weighted by atomic mass is 10.2. The molecule has 0 saturated heterocycles. The third-order valence-electron chi connectivity index (χ3n) is 3.05. The van der Waals surface area contributed by atoms with Crippen LogP contribution in [0.15, 0.2) is 38.8 Å². The van der Waals surface area contributed by atoms with Gasteiger partial charge in [0.2, 0.25) is 0 Å². The van der Waals surface area contributed by atoms with Gasteiger partial charge in [0.15, 0.2) is 4.34 Å². The van der Waals surface area contributed by atoms with Crippen molar-refractivity contribution < 1.29 is 0 Å². The van der Waals surface area contributed by atoms with Gasteiger partial charge in [0.25, 0.3) is 5.13 Å². The summed E-state index contributed by atoms with van der Waals surface area (Å²) in [6.07, 6.45) is 1.12. The molecule has 1 aromatic carbocycles. The van der Waals surface area contributed by atoms with E-state index in [-0.39, 0.29) is 0 Å². The maximum absolute atomic E-state index is 4.23. The summed E-state index contributed by atoms with van der Waals surface area (Å²) < 4.78 is 0.952. The molecule has 0 bridgehead atoms. The number of hydrogen-bond donors (Lipinski definition) is 0. The second kappa shape index (κ2) is 8.85. The van der Waals surface area contributed by atoms with Gasteiger partial charge < -0.3 is 4.90 Å². The highest BCUT2D eigenvalue weighted by Gasteiger charge is 2.04. The fraction of sp³-hybridized carbons (Fsp3) is 0.467. The number of thioether (sulfide) groups is 1. The first kappa shape index (κ1) is 16.9. The summed E-state index contributed by atoms with van der Waals surface area (Å²) in [5, 5.41) is 17.1. The summed E-state index contributed by atoms with van der Waals surface area (Å²) >= 11 is 3.19. The summed E-state index contributed by atoms with van der Waals surface area (Å²) in [5.74, 6) is 1.05. The Bertz CT molecular complexity index is 590. The van der Waals surface area contributed by atoms with E-state index in [1.807, 2.05) is 12.1 Å². The summed E-state index contributed by atoms with van der Waals surface area (Å²) in [6, 6.07) is 8.10. The van der Waals surface area contributed by atoms with Crippen LogP contribution < -0.4 is 4.90 Å². The zero-order chi connectivity index (χ0) is 15.8. The molecule has 0 aliphatic heterocycles. The second-order valence-corrected chi connectivity index (χ2v) is 6.89. The van der Waals surface area contributed by atoms with Crippen LogP contribution in [0.1, 0.15) is 27.2 Å². The molecule has 0 fully saturated rings. The van der Waals surface area contributed by atoms with Crippen LogP contribution in [0.4, 0.5) is 16.5 Å². The van der Waals surface area contributed by atoms with Gasteiger partial charge in [-0.1, -0.05) is 30.0 Å². The topological polar surface area (TPSA) is 53.7 Å². The fourth-order valence-electron chi connectivity index (χ4n) is 1.91. The summed E-state index contributed by atoms with van der Waals surface area (Å²) in [5.41, 5.74) is 2.03. The van der Waals surface area contributed by atoms with E-state index in [1.165, 1.54) is 17.0 Å². The molecule has 0 N–H and O–H groups in total. The Balaban J connectivity index is 1.99. The average Bonchev–Trinajstić information content (AvgIpc) is 3.01. The molecule has 0 atom stereocenters. The lowest BCUT2D eigenvalue weighted by molar-refractivity contribution is 0.866. The predicted molar refractivity (Wildman–Crippen MR) is 95.1 cm³/mol. The Morgan fingerprint density at radius 1 is 1.05 bits per heavy atom. The van der Waals surface area contributed by atoms with Gasteiger partial charge in [-0.2, -0.15) is 0 Å². The number of nitrogens with zero attached hydrogens (tertiary/aromatic N) is 5. The van der Waals surface area contributed by atoms with Gasteiger partial charge in [-0.25, -0.2) is 0 Å². The van der Waals surface area contributed by atoms with Gasteiger partial charge in [0.05, 0.1) is 5.69 Å². The van der Waals surface area contributed by atoms with Crippen LogP contribution in [0.3, 0.4) is 0 Å². The molecule has 1 aromatic heterocycles. The Kier molecular flexibility index (Phi) is 6.79. The minimum absolute atomic E-state index is 0.603. The number of benzene rings is 1. The van der Waals surface area contributed by atoms with E-state index >= 15 is 0 Å². The van der Waals surface area contributed by atoms with Crippen molar-refractivity contribution in [3.63, 3.8) is 0 Å². The molecule has 118 valence electrons. The second-order valence-electron chi connectivity index (χ2n) is 4.59. The summed E-state index contributed by atoms with van der Waals surface area (Å²) in [7, 11) is 0. The smallest absolute Gasteiger partial charge is 0.252 e. The lowest BCUT2D eigenvalue weighted by Crippen LogP contribution is -2.21. The van der Waals surface area contributed by atoms with Crippen molar-refractivity contribution in [3.05, 3.63) is 24.3 Å². The van der Waals surface area contributed by atoms with Gasteiger partial charge in [0, 0.05) is 24.5 Å². The summed E-state index contributed by atoms with van der Waals surface area (Å²) in [4.78, 5) is 2.29. The van der Waals surface area contributed by atoms with E-state index in [4.69, 9.17) is 0 Å². The van der Waals surface area contributed by atoms with E-state index in [9.17, 15) is 0 Å². The van der Waals surface area contributed by atoms with Gasteiger partial charge >= 0.3 is 0 Å². The molecule has 2 aromatic rings. The average molecular weight is 336 g/mol. The molecule has 5 nitrogen and oxygen atoms in total. The lowest BCUT2D eigenvalue weighted by Gasteiger charge is -2.20. The minimum atomic E-state index is 0.603. The number of aromatic nitrogens is 2. The summed E-state index contributed by atoms with van der Waals surface area (Å²) in [6.45, 7) is 8.46. The van der Waals surface area contributed by atoms with Crippen LogP contribution in [-0.4, -0.2) is 29.0 Å². The quantitative estimate of drug-likeness (QED) is 0.485. The molecule has 0 unspecified atom stereocenters. The van der Waals surface area contributed by atoms with Crippen LogP contribution in [0, 0.1) is 0 Å². The normalized spacial score (nSPS) is 11.2. The fourth-order valence-corrected chi connectivity index (χ4v) is 3.50. The van der Waals surface area contributed by atoms with Gasteiger partial charge in [-0.05, 0) is 44.5 Å². The first-order valence-corrected chi connectivity index (χ1v) is 9.30. The van der Waals surface area contributed by atoms with Crippen molar-refractivity contribution in [3.8, 4) is 0 Å². The molecule has 0 radical (unpaired) electrons.